The molecule has 2 heterocycles. The van der Waals surface area contributed by atoms with Gasteiger partial charge in [-0.15, -0.1) is 0 Å². The average Bonchev–Trinajstić information content (AvgIpc) is 2.59. The minimum atomic E-state index is 0.566. The van der Waals surface area contributed by atoms with E-state index in [1.807, 2.05) is 0 Å². The van der Waals surface area contributed by atoms with Crippen LogP contribution < -0.4 is 5.32 Å². The molecule has 2 fully saturated rings. The van der Waals surface area contributed by atoms with Gasteiger partial charge in [-0.3, -0.25) is 4.90 Å². The zero-order chi connectivity index (χ0) is 11.9. The lowest BCUT2D eigenvalue weighted by Crippen LogP contribution is -2.47. The minimum absolute atomic E-state index is 0.566. The summed E-state index contributed by atoms with van der Waals surface area (Å²) in [6.07, 6.45) is 3.61. The molecular weight excluding hydrogens is 216 g/mol. The number of ether oxygens (including phenoxy) is 2. The van der Waals surface area contributed by atoms with Crippen LogP contribution in [-0.2, 0) is 9.47 Å². The zero-order valence-electron chi connectivity index (χ0n) is 11.0. The molecule has 0 aromatic rings. The number of nitrogens with zero attached hydrogens (tertiary/aromatic N) is 1. The summed E-state index contributed by atoms with van der Waals surface area (Å²) < 4.78 is 10.9. The molecule has 4 heteroatoms. The van der Waals surface area contributed by atoms with Crippen LogP contribution in [0.2, 0.25) is 0 Å². The molecule has 0 spiro atoms. The van der Waals surface area contributed by atoms with Crippen LogP contribution >= 0.6 is 0 Å². The highest BCUT2D eigenvalue weighted by Gasteiger charge is 2.17. The van der Waals surface area contributed by atoms with Crippen molar-refractivity contribution in [1.29, 1.82) is 0 Å². The molecule has 0 bridgehead atoms. The molecule has 0 saturated carbocycles. The smallest absolute Gasteiger partial charge is 0.0594 e. The first-order chi connectivity index (χ1) is 8.34. The lowest BCUT2D eigenvalue weighted by Gasteiger charge is -2.31. The van der Waals surface area contributed by atoms with Crippen molar-refractivity contribution in [2.24, 2.45) is 0 Å². The average molecular weight is 242 g/mol. The third kappa shape index (κ3) is 4.92. The Kier molecular flexibility index (Phi) is 5.71. The van der Waals surface area contributed by atoms with E-state index in [0.717, 1.165) is 52.5 Å². The van der Waals surface area contributed by atoms with E-state index in [1.165, 1.54) is 12.8 Å². The van der Waals surface area contributed by atoms with Crippen LogP contribution in [-0.4, -0.2) is 63.0 Å². The molecule has 0 amide bonds. The Morgan fingerprint density at radius 3 is 2.71 bits per heavy atom. The second kappa shape index (κ2) is 7.31. The highest BCUT2D eigenvalue weighted by molar-refractivity contribution is 4.76. The summed E-state index contributed by atoms with van der Waals surface area (Å²) in [5.41, 5.74) is 0. The van der Waals surface area contributed by atoms with Gasteiger partial charge in [0.15, 0.2) is 0 Å². The molecule has 4 nitrogen and oxygen atoms in total. The second-order valence-electron chi connectivity index (χ2n) is 5.22. The standard InChI is InChI=1S/C13H26N2O2/c1-12(11-15-5-9-17-10-6-15)14-13-3-2-7-16-8-4-13/h12-14H,2-11H2,1H3. The Morgan fingerprint density at radius 2 is 1.88 bits per heavy atom. The van der Waals surface area contributed by atoms with Gasteiger partial charge in [-0.05, 0) is 26.2 Å². The molecule has 2 atom stereocenters. The predicted molar refractivity (Wildman–Crippen MR) is 68.3 cm³/mol. The van der Waals surface area contributed by atoms with Crippen LogP contribution in [0.5, 0.6) is 0 Å². The van der Waals surface area contributed by atoms with Crippen molar-refractivity contribution in [3.05, 3.63) is 0 Å². The van der Waals surface area contributed by atoms with Crippen LogP contribution in [0.15, 0.2) is 0 Å². The molecule has 100 valence electrons. The van der Waals surface area contributed by atoms with E-state index in [0.29, 0.717) is 12.1 Å². The van der Waals surface area contributed by atoms with Crippen LogP contribution in [0.3, 0.4) is 0 Å². The quantitative estimate of drug-likeness (QED) is 0.793. The van der Waals surface area contributed by atoms with E-state index >= 15 is 0 Å². The Balaban J connectivity index is 1.66. The number of rotatable bonds is 4. The first-order valence-electron chi connectivity index (χ1n) is 6.98. The van der Waals surface area contributed by atoms with Crippen molar-refractivity contribution in [2.45, 2.75) is 38.3 Å². The van der Waals surface area contributed by atoms with E-state index in [-0.39, 0.29) is 0 Å². The fourth-order valence-electron chi connectivity index (χ4n) is 2.70. The third-order valence-electron chi connectivity index (χ3n) is 3.61. The van der Waals surface area contributed by atoms with E-state index in [2.05, 4.69) is 17.1 Å². The lowest BCUT2D eigenvalue weighted by molar-refractivity contribution is 0.0337. The SMILES string of the molecule is CC(CN1CCOCC1)NC1CCCOCC1. The Bertz CT molecular complexity index is 200. The van der Waals surface area contributed by atoms with Gasteiger partial charge in [0.1, 0.15) is 0 Å². The zero-order valence-corrected chi connectivity index (χ0v) is 11.0. The first kappa shape index (κ1) is 13.3. The van der Waals surface area contributed by atoms with E-state index < -0.39 is 0 Å². The van der Waals surface area contributed by atoms with Crippen LogP contribution in [0.25, 0.3) is 0 Å². The highest BCUT2D eigenvalue weighted by Crippen LogP contribution is 2.09. The Morgan fingerprint density at radius 1 is 1.12 bits per heavy atom. The van der Waals surface area contributed by atoms with Gasteiger partial charge in [0.05, 0.1) is 13.2 Å². The Hall–Kier alpha value is -0.160. The normalized spacial score (nSPS) is 29.8. The van der Waals surface area contributed by atoms with Crippen LogP contribution in [0.1, 0.15) is 26.2 Å². The van der Waals surface area contributed by atoms with Gasteiger partial charge in [0.25, 0.3) is 0 Å². The summed E-state index contributed by atoms with van der Waals surface area (Å²) in [6.45, 7) is 9.24. The second-order valence-corrected chi connectivity index (χ2v) is 5.22. The van der Waals surface area contributed by atoms with Crippen molar-refractivity contribution < 1.29 is 9.47 Å². The van der Waals surface area contributed by atoms with Gasteiger partial charge in [-0.25, -0.2) is 0 Å². The highest BCUT2D eigenvalue weighted by atomic mass is 16.5. The van der Waals surface area contributed by atoms with Crippen LogP contribution in [0.4, 0.5) is 0 Å². The molecule has 2 unspecified atom stereocenters. The molecular formula is C13H26N2O2. The molecule has 2 aliphatic rings. The van der Waals surface area contributed by atoms with Gasteiger partial charge >= 0.3 is 0 Å². The fraction of sp³-hybridized carbons (Fsp3) is 1.00. The molecule has 1 N–H and O–H groups in total. The molecule has 2 saturated heterocycles. The van der Waals surface area contributed by atoms with Gasteiger partial charge in [0.2, 0.25) is 0 Å². The van der Waals surface area contributed by atoms with Gasteiger partial charge in [-0.1, -0.05) is 0 Å². The summed E-state index contributed by atoms with van der Waals surface area (Å²) >= 11 is 0. The number of nitrogens with one attached hydrogen (secondary N) is 1. The van der Waals surface area contributed by atoms with E-state index in [4.69, 9.17) is 9.47 Å². The fourth-order valence-corrected chi connectivity index (χ4v) is 2.70. The molecule has 0 aromatic heterocycles. The Labute approximate surface area is 105 Å². The summed E-state index contributed by atoms with van der Waals surface area (Å²) in [4.78, 5) is 2.49. The molecule has 0 radical (unpaired) electrons. The monoisotopic (exact) mass is 242 g/mol. The van der Waals surface area contributed by atoms with Gasteiger partial charge < -0.3 is 14.8 Å². The van der Waals surface area contributed by atoms with Gasteiger partial charge in [-0.2, -0.15) is 0 Å². The largest absolute Gasteiger partial charge is 0.381 e. The first-order valence-corrected chi connectivity index (χ1v) is 6.98. The van der Waals surface area contributed by atoms with E-state index in [1.54, 1.807) is 0 Å². The molecule has 2 aliphatic heterocycles. The number of morpholine rings is 1. The third-order valence-corrected chi connectivity index (χ3v) is 3.61. The topological polar surface area (TPSA) is 33.7 Å². The minimum Gasteiger partial charge on any atom is -0.381 e. The molecule has 0 aromatic carbocycles. The van der Waals surface area contributed by atoms with Crippen molar-refractivity contribution in [2.75, 3.05) is 46.1 Å². The maximum atomic E-state index is 5.49. The van der Waals surface area contributed by atoms with Gasteiger partial charge in [0, 0.05) is 44.9 Å². The maximum Gasteiger partial charge on any atom is 0.0594 e. The van der Waals surface area contributed by atoms with Crippen molar-refractivity contribution >= 4 is 0 Å². The summed E-state index contributed by atoms with van der Waals surface area (Å²) in [6, 6.07) is 1.21. The molecule has 0 aliphatic carbocycles. The molecule has 2 rings (SSSR count). The number of hydrogen-bond acceptors (Lipinski definition) is 4. The van der Waals surface area contributed by atoms with Crippen molar-refractivity contribution in [3.8, 4) is 0 Å². The predicted octanol–water partition coefficient (Wildman–Crippen LogP) is 0.866. The number of hydrogen-bond donors (Lipinski definition) is 1. The van der Waals surface area contributed by atoms with Crippen LogP contribution in [0, 0.1) is 0 Å². The summed E-state index contributed by atoms with van der Waals surface area (Å²) in [7, 11) is 0. The summed E-state index contributed by atoms with van der Waals surface area (Å²) in [5, 5.41) is 3.74. The molecule has 17 heavy (non-hydrogen) atoms. The maximum absolute atomic E-state index is 5.49. The van der Waals surface area contributed by atoms with E-state index in [9.17, 15) is 0 Å². The van der Waals surface area contributed by atoms with Crippen molar-refractivity contribution in [3.63, 3.8) is 0 Å². The van der Waals surface area contributed by atoms with Crippen molar-refractivity contribution in [1.82, 2.24) is 10.2 Å². The summed E-state index contributed by atoms with van der Waals surface area (Å²) in [5.74, 6) is 0. The lowest BCUT2D eigenvalue weighted by atomic mass is 10.1.